The Kier molecular flexibility index (Phi) is 3.93. The van der Waals surface area contributed by atoms with Gasteiger partial charge in [-0.1, -0.05) is 27.2 Å². The number of hydrogen-bond acceptors (Lipinski definition) is 1. The van der Waals surface area contributed by atoms with Gasteiger partial charge >= 0.3 is 0 Å². The second kappa shape index (κ2) is 5.32. The van der Waals surface area contributed by atoms with Gasteiger partial charge in [-0.05, 0) is 42.5 Å². The summed E-state index contributed by atoms with van der Waals surface area (Å²) in [4.78, 5) is 14.3. The molecular weight excluding hydrogens is 241 g/mol. The van der Waals surface area contributed by atoms with Crippen molar-refractivity contribution in [1.82, 2.24) is 0 Å². The zero-order valence-corrected chi connectivity index (χ0v) is 11.9. The van der Waals surface area contributed by atoms with Crippen LogP contribution in [0.3, 0.4) is 0 Å². The van der Waals surface area contributed by atoms with Crippen molar-refractivity contribution in [3.63, 3.8) is 0 Å². The molecule has 1 aliphatic rings. The van der Waals surface area contributed by atoms with Crippen LogP contribution >= 0.6 is 0 Å². The third kappa shape index (κ3) is 3.55. The SMILES string of the molecule is CC(C)(C)CN(C(=O)C1CCC1)c1ccc(F)cc1. The number of carbonyl (C=O) groups is 1. The van der Waals surface area contributed by atoms with E-state index in [1.165, 1.54) is 12.1 Å². The van der Waals surface area contributed by atoms with Gasteiger partial charge in [-0.25, -0.2) is 4.39 Å². The van der Waals surface area contributed by atoms with E-state index >= 15 is 0 Å². The maximum Gasteiger partial charge on any atom is 0.230 e. The second-order valence-corrected chi connectivity index (χ2v) is 6.59. The number of benzene rings is 1. The van der Waals surface area contributed by atoms with Crippen LogP contribution in [0.1, 0.15) is 40.0 Å². The van der Waals surface area contributed by atoms with Crippen molar-refractivity contribution in [3.8, 4) is 0 Å². The smallest absolute Gasteiger partial charge is 0.230 e. The number of rotatable bonds is 3. The van der Waals surface area contributed by atoms with Crippen molar-refractivity contribution in [3.05, 3.63) is 30.1 Å². The van der Waals surface area contributed by atoms with E-state index in [9.17, 15) is 9.18 Å². The molecule has 1 aromatic rings. The van der Waals surface area contributed by atoms with Gasteiger partial charge < -0.3 is 4.90 Å². The fourth-order valence-electron chi connectivity index (χ4n) is 2.27. The first-order valence-electron chi connectivity index (χ1n) is 6.94. The molecule has 2 rings (SSSR count). The summed E-state index contributed by atoms with van der Waals surface area (Å²) in [5, 5.41) is 0. The summed E-state index contributed by atoms with van der Waals surface area (Å²) in [5.74, 6) is 0.0794. The standard InChI is InChI=1S/C16H22FNO/c1-16(2,3)11-18(15(19)12-5-4-6-12)14-9-7-13(17)8-10-14/h7-10,12H,4-6,11H2,1-3H3. The normalized spacial score (nSPS) is 16.0. The molecule has 0 aromatic heterocycles. The zero-order valence-electron chi connectivity index (χ0n) is 11.9. The number of hydrogen-bond donors (Lipinski definition) is 0. The van der Waals surface area contributed by atoms with Gasteiger partial charge in [0.2, 0.25) is 5.91 Å². The van der Waals surface area contributed by atoms with Gasteiger partial charge in [0.25, 0.3) is 0 Å². The molecule has 0 radical (unpaired) electrons. The summed E-state index contributed by atoms with van der Waals surface area (Å²) < 4.78 is 13.0. The largest absolute Gasteiger partial charge is 0.312 e. The maximum absolute atomic E-state index is 13.0. The summed E-state index contributed by atoms with van der Waals surface area (Å²) in [6.07, 6.45) is 3.12. The van der Waals surface area contributed by atoms with Gasteiger partial charge in [0, 0.05) is 18.2 Å². The fraction of sp³-hybridized carbons (Fsp3) is 0.562. The van der Waals surface area contributed by atoms with Crippen LogP contribution in [0, 0.1) is 17.2 Å². The number of carbonyl (C=O) groups excluding carboxylic acids is 1. The third-order valence-corrected chi connectivity index (χ3v) is 3.49. The van der Waals surface area contributed by atoms with Crippen LogP contribution in [-0.4, -0.2) is 12.5 Å². The predicted molar refractivity (Wildman–Crippen MR) is 75.5 cm³/mol. The van der Waals surface area contributed by atoms with Gasteiger partial charge in [-0.2, -0.15) is 0 Å². The number of anilines is 1. The summed E-state index contributed by atoms with van der Waals surface area (Å²) >= 11 is 0. The average molecular weight is 263 g/mol. The highest BCUT2D eigenvalue weighted by Gasteiger charge is 2.32. The lowest BCUT2D eigenvalue weighted by Gasteiger charge is -2.35. The fourth-order valence-corrected chi connectivity index (χ4v) is 2.27. The molecule has 2 nitrogen and oxygen atoms in total. The minimum atomic E-state index is -0.268. The Balaban J connectivity index is 2.22. The minimum Gasteiger partial charge on any atom is -0.312 e. The highest BCUT2D eigenvalue weighted by atomic mass is 19.1. The van der Waals surface area contributed by atoms with E-state index in [1.54, 1.807) is 12.1 Å². The van der Waals surface area contributed by atoms with Gasteiger partial charge in [0.05, 0.1) is 0 Å². The summed E-state index contributed by atoms with van der Waals surface area (Å²) in [7, 11) is 0. The number of nitrogens with zero attached hydrogens (tertiary/aromatic N) is 1. The van der Waals surface area contributed by atoms with E-state index in [2.05, 4.69) is 20.8 Å². The van der Waals surface area contributed by atoms with Crippen molar-refractivity contribution < 1.29 is 9.18 Å². The Morgan fingerprint density at radius 2 is 1.84 bits per heavy atom. The van der Waals surface area contributed by atoms with Crippen molar-refractivity contribution in [1.29, 1.82) is 0 Å². The highest BCUT2D eigenvalue weighted by Crippen LogP contribution is 2.32. The van der Waals surface area contributed by atoms with Crippen molar-refractivity contribution in [2.75, 3.05) is 11.4 Å². The predicted octanol–water partition coefficient (Wildman–Crippen LogP) is 4.00. The van der Waals surface area contributed by atoms with Crippen LogP contribution in [0.5, 0.6) is 0 Å². The molecule has 0 N–H and O–H groups in total. The van der Waals surface area contributed by atoms with Crippen LogP contribution in [0.4, 0.5) is 10.1 Å². The van der Waals surface area contributed by atoms with Gasteiger partial charge in [0.1, 0.15) is 5.82 Å². The molecule has 104 valence electrons. The molecule has 1 aliphatic carbocycles. The first-order chi connectivity index (χ1) is 8.87. The lowest BCUT2D eigenvalue weighted by Crippen LogP contribution is -2.43. The maximum atomic E-state index is 13.0. The summed E-state index contributed by atoms with van der Waals surface area (Å²) in [5.41, 5.74) is 0.821. The molecule has 1 amide bonds. The van der Waals surface area contributed by atoms with Crippen LogP contribution in [-0.2, 0) is 4.79 Å². The summed E-state index contributed by atoms with van der Waals surface area (Å²) in [6, 6.07) is 6.22. The van der Waals surface area contributed by atoms with E-state index in [4.69, 9.17) is 0 Å². The van der Waals surface area contributed by atoms with Crippen molar-refractivity contribution >= 4 is 11.6 Å². The molecule has 3 heteroatoms. The molecular formula is C16H22FNO. The average Bonchev–Trinajstić information content (AvgIpc) is 2.23. The first kappa shape index (κ1) is 14.0. The molecule has 0 aliphatic heterocycles. The lowest BCUT2D eigenvalue weighted by atomic mass is 9.83. The Morgan fingerprint density at radius 1 is 1.26 bits per heavy atom. The quantitative estimate of drug-likeness (QED) is 0.807. The van der Waals surface area contributed by atoms with Crippen LogP contribution in [0.25, 0.3) is 0 Å². The van der Waals surface area contributed by atoms with Crippen LogP contribution < -0.4 is 4.90 Å². The molecule has 0 bridgehead atoms. The third-order valence-electron chi connectivity index (χ3n) is 3.49. The molecule has 0 atom stereocenters. The second-order valence-electron chi connectivity index (χ2n) is 6.59. The van der Waals surface area contributed by atoms with Gasteiger partial charge in [-0.15, -0.1) is 0 Å². The Bertz CT molecular complexity index is 443. The lowest BCUT2D eigenvalue weighted by molar-refractivity contribution is -0.125. The molecule has 19 heavy (non-hydrogen) atoms. The molecule has 0 spiro atoms. The minimum absolute atomic E-state index is 0.0216. The van der Waals surface area contributed by atoms with E-state index in [1.807, 2.05) is 4.90 Å². The van der Waals surface area contributed by atoms with Crippen LogP contribution in [0.15, 0.2) is 24.3 Å². The van der Waals surface area contributed by atoms with Gasteiger partial charge in [0.15, 0.2) is 0 Å². The van der Waals surface area contributed by atoms with E-state index in [0.717, 1.165) is 24.9 Å². The van der Waals surface area contributed by atoms with Crippen LogP contribution in [0.2, 0.25) is 0 Å². The Morgan fingerprint density at radius 3 is 2.26 bits per heavy atom. The first-order valence-corrected chi connectivity index (χ1v) is 6.94. The topological polar surface area (TPSA) is 20.3 Å². The molecule has 1 fully saturated rings. The molecule has 0 unspecified atom stereocenters. The molecule has 1 aromatic carbocycles. The monoisotopic (exact) mass is 263 g/mol. The molecule has 0 saturated heterocycles. The zero-order chi connectivity index (χ0) is 14.0. The molecule has 1 saturated carbocycles. The Labute approximate surface area is 114 Å². The van der Waals surface area contributed by atoms with E-state index in [-0.39, 0.29) is 23.1 Å². The van der Waals surface area contributed by atoms with Crippen molar-refractivity contribution in [2.24, 2.45) is 11.3 Å². The van der Waals surface area contributed by atoms with Crippen molar-refractivity contribution in [2.45, 2.75) is 40.0 Å². The molecule has 0 heterocycles. The van der Waals surface area contributed by atoms with E-state index < -0.39 is 0 Å². The van der Waals surface area contributed by atoms with Gasteiger partial charge in [-0.3, -0.25) is 4.79 Å². The highest BCUT2D eigenvalue weighted by molar-refractivity contribution is 5.95. The number of amides is 1. The number of halogens is 1. The van der Waals surface area contributed by atoms with E-state index in [0.29, 0.717) is 6.54 Å². The Hall–Kier alpha value is -1.38. The summed E-state index contributed by atoms with van der Waals surface area (Å²) in [6.45, 7) is 6.99.